The van der Waals surface area contributed by atoms with Gasteiger partial charge in [0.25, 0.3) is 11.5 Å². The zero-order chi connectivity index (χ0) is 17.0. The predicted octanol–water partition coefficient (Wildman–Crippen LogP) is 0.560. The number of pyridine rings is 1. The molecule has 0 aliphatic carbocycles. The van der Waals surface area contributed by atoms with E-state index in [4.69, 9.17) is 23.2 Å². The summed E-state index contributed by atoms with van der Waals surface area (Å²) in [5.41, 5.74) is -2.14. The molecule has 3 N–H and O–H groups in total. The van der Waals surface area contributed by atoms with Gasteiger partial charge in [-0.1, -0.05) is 23.2 Å². The first-order valence-corrected chi connectivity index (χ1v) is 6.72. The number of carbonyl (C=O) groups is 2. The Balaban J connectivity index is 1.97. The normalized spacial score (nSPS) is 10.2. The van der Waals surface area contributed by atoms with Gasteiger partial charge < -0.3 is 15.0 Å². The maximum Gasteiger partial charge on any atom is 0.345 e. The van der Waals surface area contributed by atoms with Gasteiger partial charge in [-0.2, -0.15) is 0 Å². The molecule has 9 nitrogen and oxygen atoms in total. The number of amides is 1. The highest BCUT2D eigenvalue weighted by Crippen LogP contribution is 2.22. The summed E-state index contributed by atoms with van der Waals surface area (Å²) < 4.78 is 4.66. The molecule has 0 bridgehead atoms. The summed E-state index contributed by atoms with van der Waals surface area (Å²) in [6, 6.07) is 1.37. The lowest BCUT2D eigenvalue weighted by Gasteiger charge is -2.07. The molecule has 0 aliphatic heterocycles. The number of halogens is 2. The predicted molar refractivity (Wildman–Crippen MR) is 80.9 cm³/mol. The van der Waals surface area contributed by atoms with Crippen LogP contribution in [0.1, 0.15) is 10.4 Å². The maximum absolute atomic E-state index is 11.7. The topological polar surface area (TPSA) is 134 Å². The molecule has 0 saturated carbocycles. The van der Waals surface area contributed by atoms with Crippen molar-refractivity contribution < 1.29 is 14.3 Å². The van der Waals surface area contributed by atoms with Crippen molar-refractivity contribution in [3.8, 4) is 0 Å². The van der Waals surface area contributed by atoms with Gasteiger partial charge in [0.2, 0.25) is 0 Å². The molecule has 0 fully saturated rings. The third-order valence-electron chi connectivity index (χ3n) is 2.44. The van der Waals surface area contributed by atoms with E-state index in [1.807, 2.05) is 4.98 Å². The van der Waals surface area contributed by atoms with Crippen LogP contribution in [0, 0.1) is 0 Å². The number of aromatic amines is 2. The fraction of sp³-hybridized carbons (Fsp3) is 0.0833. The maximum atomic E-state index is 11.7. The van der Waals surface area contributed by atoms with Crippen molar-refractivity contribution in [2.75, 3.05) is 11.9 Å². The molecule has 0 radical (unpaired) electrons. The molecule has 23 heavy (non-hydrogen) atoms. The highest BCUT2D eigenvalue weighted by molar-refractivity contribution is 6.36. The lowest BCUT2D eigenvalue weighted by atomic mass is 10.3. The Kier molecular flexibility index (Phi) is 5.14. The SMILES string of the molecule is O=C(COC(=O)c1c[nH]c(=O)[nH]c1=O)Nc1ncc(Cl)cc1Cl. The summed E-state index contributed by atoms with van der Waals surface area (Å²) in [7, 11) is 0. The number of esters is 1. The number of nitrogens with one attached hydrogen (secondary N) is 3. The summed E-state index contributed by atoms with van der Waals surface area (Å²) in [5.74, 6) is -1.76. The molecule has 0 atom stereocenters. The third kappa shape index (κ3) is 4.41. The van der Waals surface area contributed by atoms with Gasteiger partial charge in [-0.05, 0) is 6.07 Å². The van der Waals surface area contributed by atoms with E-state index in [-0.39, 0.29) is 15.9 Å². The van der Waals surface area contributed by atoms with Crippen LogP contribution in [-0.4, -0.2) is 33.4 Å². The lowest BCUT2D eigenvalue weighted by Crippen LogP contribution is -2.29. The molecule has 11 heteroatoms. The highest BCUT2D eigenvalue weighted by atomic mass is 35.5. The van der Waals surface area contributed by atoms with Gasteiger partial charge in [-0.3, -0.25) is 14.6 Å². The second-order valence-corrected chi connectivity index (χ2v) is 4.94. The molecule has 1 amide bonds. The van der Waals surface area contributed by atoms with Crippen molar-refractivity contribution in [2.24, 2.45) is 0 Å². The van der Waals surface area contributed by atoms with Crippen molar-refractivity contribution in [1.29, 1.82) is 0 Å². The van der Waals surface area contributed by atoms with Crippen LogP contribution in [-0.2, 0) is 9.53 Å². The number of ether oxygens (including phenoxy) is 1. The lowest BCUT2D eigenvalue weighted by molar-refractivity contribution is -0.119. The Morgan fingerprint density at radius 2 is 2.04 bits per heavy atom. The van der Waals surface area contributed by atoms with Crippen molar-refractivity contribution >= 4 is 40.9 Å². The minimum atomic E-state index is -1.08. The second-order valence-electron chi connectivity index (χ2n) is 4.09. The minimum Gasteiger partial charge on any atom is -0.452 e. The summed E-state index contributed by atoms with van der Waals surface area (Å²) in [5, 5.41) is 2.70. The van der Waals surface area contributed by atoms with Gasteiger partial charge in [0, 0.05) is 12.4 Å². The number of hydrogen-bond acceptors (Lipinski definition) is 6. The number of anilines is 1. The number of rotatable bonds is 4. The first-order chi connectivity index (χ1) is 10.9. The first kappa shape index (κ1) is 16.7. The van der Waals surface area contributed by atoms with Crippen LogP contribution in [0.5, 0.6) is 0 Å². The van der Waals surface area contributed by atoms with Crippen molar-refractivity contribution in [2.45, 2.75) is 0 Å². The molecule has 0 saturated heterocycles. The van der Waals surface area contributed by atoms with E-state index in [2.05, 4.69) is 20.0 Å². The molecule has 0 unspecified atom stereocenters. The van der Waals surface area contributed by atoms with Gasteiger partial charge in [-0.25, -0.2) is 14.6 Å². The molecular weight excluding hydrogens is 351 g/mol. The van der Waals surface area contributed by atoms with Crippen LogP contribution in [0.4, 0.5) is 5.82 Å². The fourth-order valence-corrected chi connectivity index (χ4v) is 1.87. The molecule has 2 heterocycles. The minimum absolute atomic E-state index is 0.0407. The highest BCUT2D eigenvalue weighted by Gasteiger charge is 2.15. The molecule has 0 aromatic carbocycles. The number of hydrogen-bond donors (Lipinski definition) is 3. The van der Waals surface area contributed by atoms with Gasteiger partial charge >= 0.3 is 11.7 Å². The van der Waals surface area contributed by atoms with E-state index in [1.165, 1.54) is 12.3 Å². The molecule has 2 rings (SSSR count). The molecular formula is C12H8Cl2N4O5. The monoisotopic (exact) mass is 358 g/mol. The summed E-state index contributed by atoms with van der Waals surface area (Å²) in [4.78, 5) is 53.3. The van der Waals surface area contributed by atoms with E-state index < -0.39 is 35.3 Å². The number of nitrogens with zero attached hydrogens (tertiary/aromatic N) is 1. The van der Waals surface area contributed by atoms with Crippen LogP contribution in [0.25, 0.3) is 0 Å². The largest absolute Gasteiger partial charge is 0.452 e. The van der Waals surface area contributed by atoms with Gasteiger partial charge in [-0.15, -0.1) is 0 Å². The Morgan fingerprint density at radius 3 is 2.70 bits per heavy atom. The van der Waals surface area contributed by atoms with Crippen LogP contribution in [0.15, 0.2) is 28.0 Å². The van der Waals surface area contributed by atoms with Gasteiger partial charge in [0.05, 0.1) is 10.0 Å². The standard InChI is InChI=1S/C12H8Cl2N4O5/c13-5-1-7(14)9(15-2-5)17-8(19)4-23-11(21)6-3-16-12(22)18-10(6)20/h1-3H,4H2,(H,15,17,19)(H2,16,18,20,22). The van der Waals surface area contributed by atoms with E-state index >= 15 is 0 Å². The van der Waals surface area contributed by atoms with E-state index in [9.17, 15) is 19.2 Å². The van der Waals surface area contributed by atoms with Crippen molar-refractivity contribution in [3.63, 3.8) is 0 Å². The van der Waals surface area contributed by atoms with E-state index in [0.29, 0.717) is 0 Å². The third-order valence-corrected chi connectivity index (χ3v) is 2.93. The summed E-state index contributed by atoms with van der Waals surface area (Å²) in [6.07, 6.45) is 2.16. The Morgan fingerprint density at radius 1 is 1.30 bits per heavy atom. The summed E-state index contributed by atoms with van der Waals surface area (Å²) in [6.45, 7) is -0.683. The van der Waals surface area contributed by atoms with Crippen LogP contribution in [0.3, 0.4) is 0 Å². The average molecular weight is 359 g/mol. The van der Waals surface area contributed by atoms with Crippen LogP contribution in [0.2, 0.25) is 10.0 Å². The van der Waals surface area contributed by atoms with Crippen LogP contribution >= 0.6 is 23.2 Å². The van der Waals surface area contributed by atoms with Gasteiger partial charge in [0.1, 0.15) is 5.56 Å². The van der Waals surface area contributed by atoms with E-state index in [1.54, 1.807) is 0 Å². The number of carbonyl (C=O) groups excluding carboxylic acids is 2. The molecule has 0 aliphatic rings. The Labute approximate surface area is 137 Å². The first-order valence-electron chi connectivity index (χ1n) is 5.97. The zero-order valence-electron chi connectivity index (χ0n) is 11.2. The molecule has 2 aromatic heterocycles. The molecule has 2 aromatic rings. The summed E-state index contributed by atoms with van der Waals surface area (Å²) >= 11 is 11.5. The number of H-pyrrole nitrogens is 2. The van der Waals surface area contributed by atoms with Gasteiger partial charge in [0.15, 0.2) is 12.4 Å². The smallest absolute Gasteiger partial charge is 0.345 e. The molecule has 120 valence electrons. The average Bonchev–Trinajstić information content (AvgIpc) is 2.48. The van der Waals surface area contributed by atoms with Crippen molar-refractivity contribution in [1.82, 2.24) is 15.0 Å². The Hall–Kier alpha value is -2.65. The number of aromatic nitrogens is 3. The second kappa shape index (κ2) is 7.07. The van der Waals surface area contributed by atoms with Crippen molar-refractivity contribution in [3.05, 3.63) is 54.9 Å². The quantitative estimate of drug-likeness (QED) is 0.683. The van der Waals surface area contributed by atoms with E-state index in [0.717, 1.165) is 6.20 Å². The fourth-order valence-electron chi connectivity index (χ4n) is 1.44. The van der Waals surface area contributed by atoms with Crippen LogP contribution < -0.4 is 16.6 Å². The Bertz CT molecular complexity index is 876. The molecule has 0 spiro atoms. The zero-order valence-corrected chi connectivity index (χ0v) is 12.7.